The van der Waals surface area contributed by atoms with Crippen LogP contribution in [0.5, 0.6) is 0 Å². The summed E-state index contributed by atoms with van der Waals surface area (Å²) in [5.74, 6) is -0.240. The lowest BCUT2D eigenvalue weighted by atomic mass is 10.0. The minimum absolute atomic E-state index is 0.0000219. The normalized spacial score (nSPS) is 13.1. The van der Waals surface area contributed by atoms with Gasteiger partial charge in [-0.2, -0.15) is 13.2 Å². The molecule has 3 aromatic rings. The Morgan fingerprint density at radius 3 is 2.27 bits per heavy atom. The van der Waals surface area contributed by atoms with Gasteiger partial charge in [-0.1, -0.05) is 0 Å². The van der Waals surface area contributed by atoms with E-state index in [4.69, 9.17) is 4.74 Å². The molecule has 0 saturated heterocycles. The van der Waals surface area contributed by atoms with Gasteiger partial charge in [-0.25, -0.2) is 14.8 Å². The average Bonchev–Trinajstić information content (AvgIpc) is 2.70. The number of alkyl halides is 3. The molecule has 0 bridgehead atoms. The molecule has 0 spiro atoms. The number of anilines is 1. The summed E-state index contributed by atoms with van der Waals surface area (Å²) in [5, 5.41) is 2.97. The number of carbonyl (C=O) groups is 1. The molecule has 2 aromatic heterocycles. The molecule has 0 amide bonds. The fraction of sp³-hybridized carbons (Fsp3) is 0.391. The Balaban J connectivity index is 1.97. The van der Waals surface area contributed by atoms with Crippen LogP contribution in [0.4, 0.5) is 18.9 Å². The fourth-order valence-electron chi connectivity index (χ4n) is 3.24. The van der Waals surface area contributed by atoms with Gasteiger partial charge in [0.2, 0.25) is 0 Å². The molecule has 0 unspecified atom stereocenters. The summed E-state index contributed by atoms with van der Waals surface area (Å²) in [6.45, 7) is 8.31. The highest BCUT2D eigenvalue weighted by atomic mass is 19.4. The van der Waals surface area contributed by atoms with Gasteiger partial charge in [0.15, 0.2) is 11.3 Å². The lowest BCUT2D eigenvalue weighted by Crippen LogP contribution is -2.24. The topological polar surface area (TPSA) is 86.1 Å². The minimum atomic E-state index is -4.74. The number of aromatic nitrogens is 3. The zero-order valence-corrected chi connectivity index (χ0v) is 19.2. The molecule has 3 rings (SSSR count). The third-order valence-electron chi connectivity index (χ3n) is 4.96. The van der Waals surface area contributed by atoms with E-state index in [0.29, 0.717) is 11.3 Å². The van der Waals surface area contributed by atoms with Crippen LogP contribution in [-0.2, 0) is 18.0 Å². The van der Waals surface area contributed by atoms with E-state index < -0.39 is 35.0 Å². The number of halogens is 3. The molecule has 10 heteroatoms. The number of fused-ring (bicyclic) bond motifs is 1. The van der Waals surface area contributed by atoms with E-state index in [1.165, 1.54) is 43.7 Å². The van der Waals surface area contributed by atoms with Crippen LogP contribution in [0.1, 0.15) is 61.2 Å². The number of hydrogen-bond acceptors (Lipinski definition) is 6. The molecule has 0 aliphatic carbocycles. The minimum Gasteiger partial charge on any atom is -0.456 e. The Kier molecular flexibility index (Phi) is 6.23. The smallest absolute Gasteiger partial charge is 0.433 e. The molecule has 0 radical (unpaired) electrons. The van der Waals surface area contributed by atoms with Gasteiger partial charge in [-0.05, 0) is 65.0 Å². The number of ether oxygens (including phenoxy) is 1. The number of hydrogen-bond donors (Lipinski definition) is 1. The van der Waals surface area contributed by atoms with E-state index in [9.17, 15) is 22.8 Å². The molecule has 0 fully saturated rings. The summed E-state index contributed by atoms with van der Waals surface area (Å²) in [5.41, 5.74) is -1.87. The molecule has 1 aromatic carbocycles. The highest BCUT2D eigenvalue weighted by Crippen LogP contribution is 2.35. The standard InChI is InChI=1S/C23H25F3N4O3/c1-12(27-15-9-7-14(8-10-15)21(32)33-22(3,4)5)16-11-17-19(29-18(16)23(24,25)26)28-13(2)30(6)20(17)31/h7-12,27H,1-6H3/t12-/m0/s1. The SMILES string of the molecule is Cc1nc2nc(C(F)(F)F)c([C@H](C)Nc3ccc(C(=O)OC(C)(C)C)cc3)cc2c(=O)n1C. The first kappa shape index (κ1) is 24.2. The molecular formula is C23H25F3N4O3. The third-order valence-corrected chi connectivity index (χ3v) is 4.96. The number of rotatable bonds is 4. The van der Waals surface area contributed by atoms with E-state index in [1.807, 2.05) is 0 Å². The average molecular weight is 462 g/mol. The molecule has 7 nitrogen and oxygen atoms in total. The van der Waals surface area contributed by atoms with Gasteiger partial charge in [0, 0.05) is 18.3 Å². The van der Waals surface area contributed by atoms with Crippen molar-refractivity contribution < 1.29 is 22.7 Å². The van der Waals surface area contributed by atoms with Crippen LogP contribution < -0.4 is 10.9 Å². The Morgan fingerprint density at radius 1 is 1.12 bits per heavy atom. The van der Waals surface area contributed by atoms with E-state index in [0.717, 1.165) is 0 Å². The van der Waals surface area contributed by atoms with Crippen LogP contribution in [0.2, 0.25) is 0 Å². The van der Waals surface area contributed by atoms with Crippen molar-refractivity contribution in [3.63, 3.8) is 0 Å². The Morgan fingerprint density at radius 2 is 1.73 bits per heavy atom. The van der Waals surface area contributed by atoms with Crippen LogP contribution in [0.25, 0.3) is 11.0 Å². The lowest BCUT2D eigenvalue weighted by Gasteiger charge is -2.21. The van der Waals surface area contributed by atoms with Crippen LogP contribution in [0.15, 0.2) is 35.1 Å². The number of aryl methyl sites for hydroxylation is 1. The molecule has 0 saturated carbocycles. The monoisotopic (exact) mass is 462 g/mol. The quantitative estimate of drug-likeness (QED) is 0.562. The van der Waals surface area contributed by atoms with Gasteiger partial charge in [0.25, 0.3) is 5.56 Å². The molecule has 1 N–H and O–H groups in total. The van der Waals surface area contributed by atoms with Gasteiger partial charge in [-0.3, -0.25) is 9.36 Å². The number of carbonyl (C=O) groups excluding carboxylic acids is 1. The summed E-state index contributed by atoms with van der Waals surface area (Å²) in [6.07, 6.45) is -4.74. The van der Waals surface area contributed by atoms with E-state index in [-0.39, 0.29) is 22.4 Å². The van der Waals surface area contributed by atoms with E-state index in [2.05, 4.69) is 15.3 Å². The van der Waals surface area contributed by atoms with E-state index in [1.54, 1.807) is 32.9 Å². The van der Waals surface area contributed by atoms with Crippen LogP contribution in [0.3, 0.4) is 0 Å². The number of nitrogens with one attached hydrogen (secondary N) is 1. The second-order valence-electron chi connectivity index (χ2n) is 8.76. The van der Waals surface area contributed by atoms with Gasteiger partial charge >= 0.3 is 12.1 Å². The van der Waals surface area contributed by atoms with Crippen molar-refractivity contribution >= 4 is 22.7 Å². The van der Waals surface area contributed by atoms with Gasteiger partial charge in [-0.15, -0.1) is 0 Å². The zero-order valence-electron chi connectivity index (χ0n) is 19.2. The largest absolute Gasteiger partial charge is 0.456 e. The van der Waals surface area contributed by atoms with Crippen LogP contribution >= 0.6 is 0 Å². The zero-order chi connectivity index (χ0) is 24.7. The number of esters is 1. The second-order valence-corrected chi connectivity index (χ2v) is 8.76. The van der Waals surface area contributed by atoms with Crippen molar-refractivity contribution in [2.24, 2.45) is 7.05 Å². The molecule has 176 valence electrons. The van der Waals surface area contributed by atoms with Crippen molar-refractivity contribution in [2.75, 3.05) is 5.32 Å². The first-order chi connectivity index (χ1) is 15.2. The lowest BCUT2D eigenvalue weighted by molar-refractivity contribution is -0.141. The first-order valence-corrected chi connectivity index (χ1v) is 10.2. The molecule has 0 aliphatic heterocycles. The Bertz CT molecular complexity index is 1260. The predicted molar refractivity (Wildman–Crippen MR) is 118 cm³/mol. The van der Waals surface area contributed by atoms with Crippen molar-refractivity contribution in [1.29, 1.82) is 0 Å². The second kappa shape index (κ2) is 8.49. The highest BCUT2D eigenvalue weighted by Gasteiger charge is 2.37. The maximum absolute atomic E-state index is 13.8. The maximum atomic E-state index is 13.8. The third kappa shape index (κ3) is 5.32. The van der Waals surface area contributed by atoms with Crippen LogP contribution in [-0.4, -0.2) is 26.1 Å². The predicted octanol–water partition coefficient (Wildman–Crippen LogP) is 4.78. The molecule has 1 atom stereocenters. The number of benzene rings is 1. The molecule has 2 heterocycles. The summed E-state index contributed by atoms with van der Waals surface area (Å²) in [6, 6.07) is 6.52. The van der Waals surface area contributed by atoms with E-state index >= 15 is 0 Å². The summed E-state index contributed by atoms with van der Waals surface area (Å²) < 4.78 is 47.9. The molecule has 33 heavy (non-hydrogen) atoms. The van der Waals surface area contributed by atoms with Gasteiger partial charge in [0.05, 0.1) is 17.0 Å². The van der Waals surface area contributed by atoms with Crippen molar-refractivity contribution in [2.45, 2.75) is 52.4 Å². The highest BCUT2D eigenvalue weighted by molar-refractivity contribution is 5.90. The van der Waals surface area contributed by atoms with Gasteiger partial charge < -0.3 is 10.1 Å². The van der Waals surface area contributed by atoms with Crippen molar-refractivity contribution in [3.8, 4) is 0 Å². The summed E-state index contributed by atoms with van der Waals surface area (Å²) >= 11 is 0. The number of nitrogens with zero attached hydrogens (tertiary/aromatic N) is 3. The Labute approximate surface area is 188 Å². The summed E-state index contributed by atoms with van der Waals surface area (Å²) in [7, 11) is 1.50. The summed E-state index contributed by atoms with van der Waals surface area (Å²) in [4.78, 5) is 32.5. The first-order valence-electron chi connectivity index (χ1n) is 10.2. The van der Waals surface area contributed by atoms with Gasteiger partial charge in [0.1, 0.15) is 11.4 Å². The van der Waals surface area contributed by atoms with Crippen molar-refractivity contribution in [3.05, 3.63) is 63.3 Å². The van der Waals surface area contributed by atoms with Crippen molar-refractivity contribution in [1.82, 2.24) is 14.5 Å². The molecular weight excluding hydrogens is 437 g/mol. The molecule has 0 aliphatic rings. The van der Waals surface area contributed by atoms with Crippen LogP contribution in [0, 0.1) is 6.92 Å². The Hall–Kier alpha value is -3.43. The fourth-order valence-corrected chi connectivity index (χ4v) is 3.24. The maximum Gasteiger partial charge on any atom is 0.433 e. The number of pyridine rings is 1.